The van der Waals surface area contributed by atoms with E-state index in [0.717, 1.165) is 37.7 Å². The van der Waals surface area contributed by atoms with E-state index in [4.69, 9.17) is 0 Å². The molecule has 1 N–H and O–H groups in total. The number of rotatable bonds is 2. The Balaban J connectivity index is 1.53. The molecule has 0 bridgehead atoms. The number of amides is 2. The molecule has 1 atom stereocenters. The van der Waals surface area contributed by atoms with E-state index in [9.17, 15) is 9.59 Å². The molecular weight excluding hydrogens is 332 g/mol. The zero-order chi connectivity index (χ0) is 18.1. The molecular formula is C18H26N6O2. The number of nitrogens with zero attached hydrogens (tertiary/aromatic N) is 5. The van der Waals surface area contributed by atoms with Gasteiger partial charge in [0.1, 0.15) is 11.8 Å². The highest BCUT2D eigenvalue weighted by Gasteiger charge is 2.29. The monoisotopic (exact) mass is 358 g/mol. The molecule has 2 fully saturated rings. The van der Waals surface area contributed by atoms with E-state index >= 15 is 0 Å². The lowest BCUT2D eigenvalue weighted by molar-refractivity contribution is 0.161. The lowest BCUT2D eigenvalue weighted by Gasteiger charge is -2.34. The minimum atomic E-state index is -0.0972. The van der Waals surface area contributed by atoms with Crippen LogP contribution in [0.1, 0.15) is 51.0 Å². The van der Waals surface area contributed by atoms with Gasteiger partial charge in [0.15, 0.2) is 5.65 Å². The maximum absolute atomic E-state index is 12.7. The molecule has 2 aromatic heterocycles. The lowest BCUT2D eigenvalue weighted by Crippen LogP contribution is -2.50. The number of aryl methyl sites for hydroxylation is 1. The van der Waals surface area contributed by atoms with Gasteiger partial charge in [-0.2, -0.15) is 0 Å². The Morgan fingerprint density at radius 1 is 1.19 bits per heavy atom. The van der Waals surface area contributed by atoms with Gasteiger partial charge in [-0.1, -0.05) is 19.3 Å². The third-order valence-corrected chi connectivity index (χ3v) is 5.74. The second-order valence-corrected chi connectivity index (χ2v) is 7.47. The SMILES string of the molecule is Cn1c(=O)n([C@@H]2CCCN(C(=O)NC3CCCCC3)C2)c2ncncc21. The van der Waals surface area contributed by atoms with Crippen molar-refractivity contribution in [3.63, 3.8) is 0 Å². The summed E-state index contributed by atoms with van der Waals surface area (Å²) >= 11 is 0. The molecule has 2 amide bonds. The quantitative estimate of drug-likeness (QED) is 0.887. The first kappa shape index (κ1) is 17.1. The van der Waals surface area contributed by atoms with Crippen molar-refractivity contribution < 1.29 is 4.79 Å². The van der Waals surface area contributed by atoms with E-state index in [-0.39, 0.29) is 17.8 Å². The number of aromatic nitrogens is 4. The standard InChI is InChI=1S/C18H26N6O2/c1-22-15-10-19-12-20-16(15)24(18(22)26)14-8-5-9-23(11-14)17(25)21-13-6-3-2-4-7-13/h10,12-14H,2-9,11H2,1H3,(H,21,25)/t14-/m1/s1. The van der Waals surface area contributed by atoms with Gasteiger partial charge in [-0.3, -0.25) is 9.13 Å². The fraction of sp³-hybridized carbons (Fsp3) is 0.667. The highest BCUT2D eigenvalue weighted by atomic mass is 16.2. The van der Waals surface area contributed by atoms with Gasteiger partial charge in [0, 0.05) is 26.2 Å². The number of likely N-dealkylation sites (tertiary alicyclic amines) is 1. The fourth-order valence-electron chi connectivity index (χ4n) is 4.29. The normalized spacial score (nSPS) is 21.9. The summed E-state index contributed by atoms with van der Waals surface area (Å²) in [5.41, 5.74) is 1.27. The van der Waals surface area contributed by atoms with Crippen LogP contribution in [-0.4, -0.2) is 49.2 Å². The predicted octanol–water partition coefficient (Wildman–Crippen LogP) is 1.81. The van der Waals surface area contributed by atoms with Crippen LogP contribution in [-0.2, 0) is 7.05 Å². The Labute approximate surface area is 152 Å². The van der Waals surface area contributed by atoms with Crippen LogP contribution >= 0.6 is 0 Å². The number of carbonyl (C=O) groups is 1. The largest absolute Gasteiger partial charge is 0.335 e. The molecule has 4 rings (SSSR count). The van der Waals surface area contributed by atoms with Crippen molar-refractivity contribution in [3.05, 3.63) is 23.0 Å². The van der Waals surface area contributed by atoms with Gasteiger partial charge < -0.3 is 10.2 Å². The molecule has 0 spiro atoms. The lowest BCUT2D eigenvalue weighted by atomic mass is 9.95. The van der Waals surface area contributed by atoms with Crippen molar-refractivity contribution in [2.75, 3.05) is 13.1 Å². The summed E-state index contributed by atoms with van der Waals surface area (Å²) < 4.78 is 3.31. The molecule has 1 saturated heterocycles. The minimum absolute atomic E-state index is 0.00418. The van der Waals surface area contributed by atoms with Crippen LogP contribution in [0.25, 0.3) is 11.2 Å². The van der Waals surface area contributed by atoms with Gasteiger partial charge in [0.2, 0.25) is 0 Å². The molecule has 2 aromatic rings. The van der Waals surface area contributed by atoms with Crippen molar-refractivity contribution in [1.82, 2.24) is 29.3 Å². The highest BCUT2D eigenvalue weighted by molar-refractivity contribution is 5.75. The molecule has 1 saturated carbocycles. The molecule has 0 unspecified atom stereocenters. The van der Waals surface area contributed by atoms with Gasteiger partial charge in [-0.15, -0.1) is 0 Å². The number of piperidine rings is 1. The van der Waals surface area contributed by atoms with Crippen LogP contribution < -0.4 is 11.0 Å². The van der Waals surface area contributed by atoms with E-state index < -0.39 is 0 Å². The molecule has 1 aliphatic heterocycles. The molecule has 0 aromatic carbocycles. The number of imidazole rings is 1. The van der Waals surface area contributed by atoms with E-state index in [1.807, 2.05) is 4.90 Å². The number of nitrogens with one attached hydrogen (secondary N) is 1. The maximum atomic E-state index is 12.7. The second kappa shape index (κ2) is 7.09. The van der Waals surface area contributed by atoms with Crippen LogP contribution in [0.5, 0.6) is 0 Å². The van der Waals surface area contributed by atoms with Crippen molar-refractivity contribution in [2.24, 2.45) is 7.05 Å². The summed E-state index contributed by atoms with van der Waals surface area (Å²) in [6.07, 6.45) is 10.7. The van der Waals surface area contributed by atoms with Crippen LogP contribution in [0, 0.1) is 0 Å². The zero-order valence-electron chi connectivity index (χ0n) is 15.2. The third-order valence-electron chi connectivity index (χ3n) is 5.74. The number of urea groups is 1. The van der Waals surface area contributed by atoms with Crippen LogP contribution in [0.3, 0.4) is 0 Å². The minimum Gasteiger partial charge on any atom is -0.335 e. The Bertz CT molecular complexity index is 851. The molecule has 0 radical (unpaired) electrons. The molecule has 26 heavy (non-hydrogen) atoms. The van der Waals surface area contributed by atoms with Gasteiger partial charge >= 0.3 is 11.7 Å². The number of carbonyl (C=O) groups excluding carboxylic acids is 1. The first-order valence-corrected chi connectivity index (χ1v) is 9.57. The zero-order valence-corrected chi connectivity index (χ0v) is 15.2. The maximum Gasteiger partial charge on any atom is 0.330 e. The van der Waals surface area contributed by atoms with Gasteiger partial charge in [0.25, 0.3) is 0 Å². The highest BCUT2D eigenvalue weighted by Crippen LogP contribution is 2.24. The Morgan fingerprint density at radius 3 is 2.81 bits per heavy atom. The van der Waals surface area contributed by atoms with E-state index in [1.54, 1.807) is 22.4 Å². The topological polar surface area (TPSA) is 85.0 Å². The average molecular weight is 358 g/mol. The summed E-state index contributed by atoms with van der Waals surface area (Å²) in [6.45, 7) is 1.28. The van der Waals surface area contributed by atoms with Gasteiger partial charge in [-0.25, -0.2) is 19.6 Å². The van der Waals surface area contributed by atoms with Crippen molar-refractivity contribution in [2.45, 2.75) is 57.0 Å². The van der Waals surface area contributed by atoms with Crippen LogP contribution in [0.15, 0.2) is 17.3 Å². The first-order chi connectivity index (χ1) is 12.6. The van der Waals surface area contributed by atoms with Crippen molar-refractivity contribution in [3.8, 4) is 0 Å². The smallest absolute Gasteiger partial charge is 0.330 e. The van der Waals surface area contributed by atoms with Gasteiger partial charge in [-0.05, 0) is 25.7 Å². The predicted molar refractivity (Wildman–Crippen MR) is 98.0 cm³/mol. The summed E-state index contributed by atoms with van der Waals surface area (Å²) in [6, 6.07) is 0.251. The number of hydrogen-bond donors (Lipinski definition) is 1. The van der Waals surface area contributed by atoms with Crippen molar-refractivity contribution in [1.29, 1.82) is 0 Å². The molecule has 3 heterocycles. The number of hydrogen-bond acceptors (Lipinski definition) is 4. The molecule has 1 aliphatic carbocycles. The van der Waals surface area contributed by atoms with Crippen LogP contribution in [0.4, 0.5) is 4.79 Å². The second-order valence-electron chi connectivity index (χ2n) is 7.47. The Hall–Kier alpha value is -2.38. The molecule has 8 nitrogen and oxygen atoms in total. The Morgan fingerprint density at radius 2 is 2.00 bits per heavy atom. The van der Waals surface area contributed by atoms with E-state index in [0.29, 0.717) is 18.2 Å². The summed E-state index contributed by atoms with van der Waals surface area (Å²) in [5.74, 6) is 0. The summed E-state index contributed by atoms with van der Waals surface area (Å²) in [7, 11) is 1.74. The van der Waals surface area contributed by atoms with Crippen molar-refractivity contribution >= 4 is 17.2 Å². The third kappa shape index (κ3) is 3.08. The fourth-order valence-corrected chi connectivity index (χ4v) is 4.29. The Kier molecular flexibility index (Phi) is 4.65. The van der Waals surface area contributed by atoms with Gasteiger partial charge in [0.05, 0.1) is 12.2 Å². The molecule has 8 heteroatoms. The molecule has 140 valence electrons. The summed E-state index contributed by atoms with van der Waals surface area (Å²) in [5, 5.41) is 3.19. The summed E-state index contributed by atoms with van der Waals surface area (Å²) in [4.78, 5) is 35.6. The van der Waals surface area contributed by atoms with E-state index in [1.165, 1.54) is 25.6 Å². The van der Waals surface area contributed by atoms with Crippen LogP contribution in [0.2, 0.25) is 0 Å². The average Bonchev–Trinajstić information content (AvgIpc) is 2.94. The molecule has 2 aliphatic rings. The number of fused-ring (bicyclic) bond motifs is 1. The van der Waals surface area contributed by atoms with E-state index in [2.05, 4.69) is 15.3 Å². The first-order valence-electron chi connectivity index (χ1n) is 9.57.